The summed E-state index contributed by atoms with van der Waals surface area (Å²) in [4.78, 5) is 0. The molecule has 0 bridgehead atoms. The van der Waals surface area contributed by atoms with Gasteiger partial charge in [-0.2, -0.15) is 0 Å². The van der Waals surface area contributed by atoms with Crippen molar-refractivity contribution in [3.05, 3.63) is 57.3 Å². The van der Waals surface area contributed by atoms with E-state index in [1.54, 1.807) is 30.3 Å². The van der Waals surface area contributed by atoms with Crippen LogP contribution >= 0.6 is 27.5 Å². The molecule has 2 rings (SSSR count). The van der Waals surface area contributed by atoms with Gasteiger partial charge in [0.25, 0.3) is 0 Å². The third-order valence-electron chi connectivity index (χ3n) is 2.35. The van der Waals surface area contributed by atoms with Crippen LogP contribution in [0.2, 0.25) is 5.02 Å². The predicted molar refractivity (Wildman–Crippen MR) is 74.3 cm³/mol. The second-order valence-electron chi connectivity index (χ2n) is 3.72. The molecule has 5 heteroatoms. The summed E-state index contributed by atoms with van der Waals surface area (Å²) in [6, 6.07) is 9.72. The second-order valence-corrected chi connectivity index (χ2v) is 5.01. The molecule has 2 N–H and O–H groups in total. The van der Waals surface area contributed by atoms with Crippen molar-refractivity contribution in [3.63, 3.8) is 0 Å². The van der Waals surface area contributed by atoms with Crippen molar-refractivity contribution >= 4 is 33.2 Å². The summed E-state index contributed by atoms with van der Waals surface area (Å²) in [6.45, 7) is 0.295. The fourth-order valence-corrected chi connectivity index (χ4v) is 2.01. The van der Waals surface area contributed by atoms with Crippen molar-refractivity contribution in [3.8, 4) is 5.75 Å². The minimum Gasteiger partial charge on any atom is -0.487 e. The van der Waals surface area contributed by atoms with Crippen LogP contribution in [0.4, 0.5) is 10.1 Å². The zero-order chi connectivity index (χ0) is 13.1. The maximum absolute atomic E-state index is 13.1. The standard InChI is InChI=1S/C13H10BrClFNO/c14-10-5-8(1-3-11(10)16)7-18-13-6-9(15)2-4-12(13)17/h1-6H,7,17H2. The molecule has 2 aromatic carbocycles. The summed E-state index contributed by atoms with van der Waals surface area (Å²) < 4.78 is 19.0. The molecule has 0 atom stereocenters. The van der Waals surface area contributed by atoms with Gasteiger partial charge in [-0.15, -0.1) is 0 Å². The fraction of sp³-hybridized carbons (Fsp3) is 0.0769. The van der Waals surface area contributed by atoms with Crippen LogP contribution < -0.4 is 10.5 Å². The van der Waals surface area contributed by atoms with E-state index in [4.69, 9.17) is 22.1 Å². The summed E-state index contributed by atoms with van der Waals surface area (Å²) >= 11 is 8.97. The lowest BCUT2D eigenvalue weighted by Gasteiger charge is -2.09. The Labute approximate surface area is 118 Å². The number of rotatable bonds is 3. The van der Waals surface area contributed by atoms with Crippen molar-refractivity contribution < 1.29 is 9.13 Å². The number of nitrogens with two attached hydrogens (primary N) is 1. The van der Waals surface area contributed by atoms with Gasteiger partial charge in [-0.3, -0.25) is 0 Å². The van der Waals surface area contributed by atoms with E-state index < -0.39 is 0 Å². The molecule has 0 saturated heterocycles. The lowest BCUT2D eigenvalue weighted by molar-refractivity contribution is 0.307. The Bertz CT molecular complexity index is 577. The van der Waals surface area contributed by atoms with Crippen LogP contribution in [0, 0.1) is 5.82 Å². The zero-order valence-corrected chi connectivity index (χ0v) is 11.6. The molecule has 0 spiro atoms. The van der Waals surface area contributed by atoms with Crippen LogP contribution in [0.1, 0.15) is 5.56 Å². The zero-order valence-electron chi connectivity index (χ0n) is 9.29. The van der Waals surface area contributed by atoms with Crippen LogP contribution in [0.3, 0.4) is 0 Å². The lowest BCUT2D eigenvalue weighted by atomic mass is 10.2. The normalized spacial score (nSPS) is 10.4. The molecule has 0 unspecified atom stereocenters. The molecular weight excluding hydrogens is 321 g/mol. The molecule has 0 radical (unpaired) electrons. The molecule has 0 aliphatic rings. The number of ether oxygens (including phenoxy) is 1. The molecule has 0 saturated carbocycles. The number of anilines is 1. The van der Waals surface area contributed by atoms with Crippen molar-refractivity contribution in [2.45, 2.75) is 6.61 Å². The van der Waals surface area contributed by atoms with Gasteiger partial charge in [0.1, 0.15) is 18.2 Å². The maximum atomic E-state index is 13.1. The Kier molecular flexibility index (Phi) is 4.09. The minimum absolute atomic E-state index is 0.295. The van der Waals surface area contributed by atoms with E-state index in [-0.39, 0.29) is 5.82 Å². The molecule has 0 heterocycles. The first-order valence-corrected chi connectivity index (χ1v) is 6.35. The largest absolute Gasteiger partial charge is 0.487 e. The number of nitrogen functional groups attached to an aromatic ring is 1. The second kappa shape index (κ2) is 5.59. The highest BCUT2D eigenvalue weighted by Crippen LogP contribution is 2.26. The van der Waals surface area contributed by atoms with E-state index >= 15 is 0 Å². The summed E-state index contributed by atoms with van der Waals surface area (Å²) in [6.07, 6.45) is 0. The first-order chi connectivity index (χ1) is 8.56. The summed E-state index contributed by atoms with van der Waals surface area (Å²) in [5, 5.41) is 0.555. The molecule has 0 aliphatic heterocycles. The van der Waals surface area contributed by atoms with E-state index in [1.807, 2.05) is 0 Å². The van der Waals surface area contributed by atoms with Gasteiger partial charge >= 0.3 is 0 Å². The monoisotopic (exact) mass is 329 g/mol. The maximum Gasteiger partial charge on any atom is 0.144 e. The van der Waals surface area contributed by atoms with Crippen molar-refractivity contribution in [1.29, 1.82) is 0 Å². The fourth-order valence-electron chi connectivity index (χ4n) is 1.42. The van der Waals surface area contributed by atoms with E-state index in [1.165, 1.54) is 6.07 Å². The quantitative estimate of drug-likeness (QED) is 0.846. The van der Waals surface area contributed by atoms with Gasteiger partial charge in [0, 0.05) is 11.1 Å². The van der Waals surface area contributed by atoms with E-state index in [2.05, 4.69) is 15.9 Å². The van der Waals surface area contributed by atoms with Gasteiger partial charge in [-0.1, -0.05) is 17.7 Å². The molecule has 94 valence electrons. The summed E-state index contributed by atoms with van der Waals surface area (Å²) in [5.74, 6) is 0.212. The van der Waals surface area contributed by atoms with Crippen molar-refractivity contribution in [1.82, 2.24) is 0 Å². The molecular formula is C13H10BrClFNO. The molecule has 0 aromatic heterocycles. The smallest absolute Gasteiger partial charge is 0.144 e. The molecule has 0 amide bonds. The number of halogens is 3. The van der Waals surface area contributed by atoms with Gasteiger partial charge < -0.3 is 10.5 Å². The highest BCUT2D eigenvalue weighted by molar-refractivity contribution is 9.10. The highest BCUT2D eigenvalue weighted by Gasteiger charge is 2.04. The van der Waals surface area contributed by atoms with Crippen LogP contribution in [-0.2, 0) is 6.61 Å². The first-order valence-electron chi connectivity index (χ1n) is 5.18. The Balaban J connectivity index is 2.11. The van der Waals surface area contributed by atoms with Gasteiger partial charge in [0.15, 0.2) is 0 Å². The molecule has 0 fully saturated rings. The average Bonchev–Trinajstić information content (AvgIpc) is 2.34. The number of benzene rings is 2. The van der Waals surface area contributed by atoms with Gasteiger partial charge in [-0.05, 0) is 45.8 Å². The van der Waals surface area contributed by atoms with Gasteiger partial charge in [0.05, 0.1) is 10.2 Å². The van der Waals surface area contributed by atoms with Crippen molar-refractivity contribution in [2.24, 2.45) is 0 Å². The molecule has 2 aromatic rings. The van der Waals surface area contributed by atoms with Crippen molar-refractivity contribution in [2.75, 3.05) is 5.73 Å². The molecule has 2 nitrogen and oxygen atoms in total. The third-order valence-corrected chi connectivity index (χ3v) is 3.20. The number of hydrogen-bond acceptors (Lipinski definition) is 2. The SMILES string of the molecule is Nc1ccc(Cl)cc1OCc1ccc(F)c(Br)c1. The predicted octanol–water partition coefficient (Wildman–Crippen LogP) is 4.40. The molecule has 18 heavy (non-hydrogen) atoms. The van der Waals surface area contributed by atoms with E-state index in [0.717, 1.165) is 5.56 Å². The summed E-state index contributed by atoms with van der Waals surface area (Å²) in [5.41, 5.74) is 7.10. The van der Waals surface area contributed by atoms with Crippen LogP contribution in [-0.4, -0.2) is 0 Å². The first kappa shape index (κ1) is 13.2. The van der Waals surface area contributed by atoms with Gasteiger partial charge in [-0.25, -0.2) is 4.39 Å². The van der Waals surface area contributed by atoms with Crippen LogP contribution in [0.5, 0.6) is 5.75 Å². The third kappa shape index (κ3) is 3.15. The van der Waals surface area contributed by atoms with Gasteiger partial charge in [0.2, 0.25) is 0 Å². The van der Waals surface area contributed by atoms with E-state index in [0.29, 0.717) is 27.5 Å². The Morgan fingerprint density at radius 2 is 2.00 bits per heavy atom. The Morgan fingerprint density at radius 3 is 2.72 bits per heavy atom. The Hall–Kier alpha value is -1.26. The summed E-state index contributed by atoms with van der Waals surface area (Å²) in [7, 11) is 0. The van der Waals surface area contributed by atoms with Crippen LogP contribution in [0.15, 0.2) is 40.9 Å². The minimum atomic E-state index is -0.305. The highest BCUT2D eigenvalue weighted by atomic mass is 79.9. The van der Waals surface area contributed by atoms with E-state index in [9.17, 15) is 4.39 Å². The topological polar surface area (TPSA) is 35.2 Å². The Morgan fingerprint density at radius 1 is 1.22 bits per heavy atom. The van der Waals surface area contributed by atoms with Crippen LogP contribution in [0.25, 0.3) is 0 Å². The average molecular weight is 331 g/mol. The number of hydrogen-bond donors (Lipinski definition) is 1. The molecule has 0 aliphatic carbocycles. The lowest BCUT2D eigenvalue weighted by Crippen LogP contribution is -1.99.